The minimum absolute atomic E-state index is 0.802. The quantitative estimate of drug-likeness (QED) is 0.0975. The van der Waals surface area contributed by atoms with Gasteiger partial charge in [0.15, 0.2) is 0 Å². The summed E-state index contributed by atoms with van der Waals surface area (Å²) in [5.41, 5.74) is 22.9. The number of H-pyrrole nitrogens is 1. The van der Waals surface area contributed by atoms with Gasteiger partial charge in [-0.15, -0.1) is 0 Å². The molecule has 1 heterocycles. The fraction of sp³-hybridized carbons (Fsp3) is 0.0769. The molecule has 8 heteroatoms. The van der Waals surface area contributed by atoms with Crippen LogP contribution in [0.2, 0.25) is 0 Å². The topological polar surface area (TPSA) is 56.4 Å². The number of nitrogens with zero attached hydrogens (tertiary/aromatic N) is 4. The Kier molecular flexibility index (Phi) is 15.0. The zero-order valence-corrected chi connectivity index (χ0v) is 49.1. The predicted octanol–water partition coefficient (Wildman–Crippen LogP) is 21.5. The molecule has 1 aromatic heterocycles. The zero-order valence-electron chi connectivity index (χ0n) is 49.1. The minimum atomic E-state index is 0.802. The molecule has 13 rings (SSSR count). The third kappa shape index (κ3) is 11.1. The van der Waals surface area contributed by atoms with E-state index in [1.807, 2.05) is 36.4 Å². The van der Waals surface area contributed by atoms with Gasteiger partial charge in [-0.2, -0.15) is 0 Å². The number of ether oxygens (including phenoxy) is 3. The van der Waals surface area contributed by atoms with Crippen molar-refractivity contribution in [2.75, 3.05) is 40.9 Å². The van der Waals surface area contributed by atoms with Crippen LogP contribution >= 0.6 is 0 Å². The van der Waals surface area contributed by atoms with E-state index in [-0.39, 0.29) is 0 Å². The first-order chi connectivity index (χ1) is 42.2. The molecule has 0 amide bonds. The highest BCUT2D eigenvalue weighted by Crippen LogP contribution is 2.44. The molecule has 12 aromatic carbocycles. The Balaban J connectivity index is 0.793. The van der Waals surface area contributed by atoms with E-state index in [9.17, 15) is 0 Å². The summed E-state index contributed by atoms with van der Waals surface area (Å²) < 4.78 is 16.6. The summed E-state index contributed by atoms with van der Waals surface area (Å²) in [6.45, 7) is 6.36. The van der Waals surface area contributed by atoms with E-state index in [0.29, 0.717) is 0 Å². The normalized spacial score (nSPS) is 11.1. The van der Waals surface area contributed by atoms with Gasteiger partial charge in [-0.1, -0.05) is 114 Å². The van der Waals surface area contributed by atoms with Crippen LogP contribution < -0.4 is 33.8 Å². The van der Waals surface area contributed by atoms with Crippen LogP contribution in [0.15, 0.2) is 279 Å². The maximum Gasteiger partial charge on any atom is 0.119 e. The van der Waals surface area contributed by atoms with E-state index >= 15 is 0 Å². The summed E-state index contributed by atoms with van der Waals surface area (Å²) in [7, 11) is 5.10. The highest BCUT2D eigenvalue weighted by atomic mass is 16.5. The lowest BCUT2D eigenvalue weighted by atomic mass is 10.0. The minimum Gasteiger partial charge on any atom is -0.497 e. The van der Waals surface area contributed by atoms with Gasteiger partial charge in [0.25, 0.3) is 0 Å². The van der Waals surface area contributed by atoms with Crippen molar-refractivity contribution >= 4 is 90.1 Å². The van der Waals surface area contributed by atoms with Crippen LogP contribution in [0, 0.1) is 20.8 Å². The lowest BCUT2D eigenvalue weighted by Crippen LogP contribution is -2.10. The van der Waals surface area contributed by atoms with Gasteiger partial charge < -0.3 is 38.8 Å². The Hall–Kier alpha value is -11.0. The van der Waals surface area contributed by atoms with E-state index in [1.165, 1.54) is 16.7 Å². The van der Waals surface area contributed by atoms with Gasteiger partial charge in [-0.25, -0.2) is 0 Å². The smallest absolute Gasteiger partial charge is 0.119 e. The molecule has 1 N–H and O–H groups in total. The monoisotopic (exact) mass is 1120 g/mol. The number of fused-ring (bicyclic) bond motifs is 3. The highest BCUT2D eigenvalue weighted by molar-refractivity contribution is 6.09. The van der Waals surface area contributed by atoms with Crippen LogP contribution in [0.4, 0.5) is 68.2 Å². The number of aromatic nitrogens is 1. The van der Waals surface area contributed by atoms with E-state index in [1.54, 1.807) is 21.3 Å². The Labute approximate surface area is 503 Å². The summed E-state index contributed by atoms with van der Waals surface area (Å²) in [5, 5.41) is 2.31. The Morgan fingerprint density at radius 3 is 0.628 bits per heavy atom. The first kappa shape index (κ1) is 54.3. The maximum absolute atomic E-state index is 5.62. The van der Waals surface area contributed by atoms with Gasteiger partial charge in [-0.05, 0) is 225 Å². The van der Waals surface area contributed by atoms with E-state index in [0.717, 1.165) is 130 Å². The molecular weight excluding hydrogens is 1050 g/mol. The Bertz CT molecular complexity index is 4430. The fourth-order valence-electron chi connectivity index (χ4n) is 11.4. The molecule has 13 aromatic rings. The molecule has 0 bridgehead atoms. The summed E-state index contributed by atoms with van der Waals surface area (Å²) in [4.78, 5) is 13.0. The van der Waals surface area contributed by atoms with Crippen molar-refractivity contribution < 1.29 is 14.2 Å². The third-order valence-corrected chi connectivity index (χ3v) is 16.1. The summed E-state index contributed by atoms with van der Waals surface area (Å²) >= 11 is 0. The molecule has 0 aliphatic rings. The standard InChI is InChI=1S/C78H65N5O3/c1-53-7-21-60(22-8-53)80(67-35-43-72(84-4)44-36-67)63-27-13-56(14-28-63)58-17-31-65(32-18-58)82(62-25-11-55(3)12-26-62)70-41-49-75-76-50-42-71(52-78(76)79-77(75)51-70)83(69-39-47-74(86-6)48-40-69)66-33-19-59(20-34-66)57-15-29-64(30-16-57)81(61-23-9-54(2)10-24-61)68-37-45-73(85-5)46-38-68/h7-52,79H,1-6H3. The van der Waals surface area contributed by atoms with Crippen molar-refractivity contribution in [3.63, 3.8) is 0 Å². The van der Waals surface area contributed by atoms with Gasteiger partial charge in [0.2, 0.25) is 0 Å². The van der Waals surface area contributed by atoms with Gasteiger partial charge in [-0.3, -0.25) is 0 Å². The molecule has 0 aliphatic heterocycles. The number of nitrogens with one attached hydrogen (secondary N) is 1. The van der Waals surface area contributed by atoms with Gasteiger partial charge in [0.1, 0.15) is 17.2 Å². The van der Waals surface area contributed by atoms with E-state index in [4.69, 9.17) is 14.2 Å². The summed E-state index contributed by atoms with van der Waals surface area (Å²) in [6.07, 6.45) is 0. The average Bonchev–Trinajstić information content (AvgIpc) is 2.29. The van der Waals surface area contributed by atoms with Crippen LogP contribution in [0.3, 0.4) is 0 Å². The number of rotatable bonds is 17. The molecule has 0 saturated carbocycles. The molecule has 420 valence electrons. The number of benzene rings is 12. The largest absolute Gasteiger partial charge is 0.497 e. The molecule has 0 spiro atoms. The molecule has 0 fully saturated rings. The van der Waals surface area contributed by atoms with Crippen LogP contribution in [0.1, 0.15) is 16.7 Å². The van der Waals surface area contributed by atoms with Crippen LogP contribution in [0.25, 0.3) is 44.1 Å². The number of aryl methyl sites for hydroxylation is 3. The highest BCUT2D eigenvalue weighted by Gasteiger charge is 2.20. The molecule has 0 radical (unpaired) electrons. The Morgan fingerprint density at radius 1 is 0.221 bits per heavy atom. The maximum atomic E-state index is 5.62. The van der Waals surface area contributed by atoms with Crippen molar-refractivity contribution in [2.45, 2.75) is 20.8 Å². The molecule has 0 aliphatic carbocycles. The van der Waals surface area contributed by atoms with Crippen molar-refractivity contribution in [1.82, 2.24) is 4.98 Å². The summed E-state index contributed by atoms with van der Waals surface area (Å²) in [5.74, 6) is 2.45. The number of anilines is 12. The van der Waals surface area contributed by atoms with Crippen molar-refractivity contribution in [3.05, 3.63) is 296 Å². The van der Waals surface area contributed by atoms with E-state index < -0.39 is 0 Å². The first-order valence-electron chi connectivity index (χ1n) is 29.0. The van der Waals surface area contributed by atoms with Gasteiger partial charge >= 0.3 is 0 Å². The van der Waals surface area contributed by atoms with Crippen molar-refractivity contribution in [1.29, 1.82) is 0 Å². The Morgan fingerprint density at radius 2 is 0.407 bits per heavy atom. The lowest BCUT2D eigenvalue weighted by molar-refractivity contribution is 0.414. The summed E-state index contributed by atoms with van der Waals surface area (Å²) in [6, 6.07) is 99.5. The second kappa shape index (κ2) is 23.7. The van der Waals surface area contributed by atoms with E-state index in [2.05, 4.69) is 288 Å². The molecule has 0 unspecified atom stereocenters. The van der Waals surface area contributed by atoms with Crippen LogP contribution in [-0.4, -0.2) is 26.3 Å². The van der Waals surface area contributed by atoms with Crippen LogP contribution in [-0.2, 0) is 0 Å². The second-order valence-corrected chi connectivity index (χ2v) is 21.7. The fourth-order valence-corrected chi connectivity index (χ4v) is 11.4. The van der Waals surface area contributed by atoms with Gasteiger partial charge in [0, 0.05) is 90.1 Å². The second-order valence-electron chi connectivity index (χ2n) is 21.7. The first-order valence-corrected chi connectivity index (χ1v) is 29.0. The third-order valence-electron chi connectivity index (χ3n) is 16.1. The van der Waals surface area contributed by atoms with Crippen molar-refractivity contribution in [3.8, 4) is 39.5 Å². The molecule has 8 nitrogen and oxygen atoms in total. The van der Waals surface area contributed by atoms with Gasteiger partial charge in [0.05, 0.1) is 21.3 Å². The molecule has 0 atom stereocenters. The van der Waals surface area contributed by atoms with Crippen molar-refractivity contribution in [2.24, 2.45) is 0 Å². The predicted molar refractivity (Wildman–Crippen MR) is 359 cm³/mol. The number of hydrogen-bond donors (Lipinski definition) is 1. The molecule has 86 heavy (non-hydrogen) atoms. The number of aromatic amines is 1. The molecule has 0 saturated heterocycles. The molecular formula is C78H65N5O3. The average molecular weight is 1120 g/mol. The van der Waals surface area contributed by atoms with Crippen LogP contribution in [0.5, 0.6) is 17.2 Å². The SMILES string of the molecule is COc1ccc(N(c2ccc(C)cc2)c2ccc(-c3ccc(N(c4ccc(C)cc4)c4ccc5c(c4)[nH]c4cc(N(c6ccc(OC)cc6)c6ccc(-c7ccc(N(c8ccc(C)cc8)c8ccc(OC)cc8)cc7)cc6)ccc45)cc3)cc2)cc1. The number of hydrogen-bond acceptors (Lipinski definition) is 7. The number of methoxy groups -OCH3 is 3. The lowest BCUT2D eigenvalue weighted by Gasteiger charge is -2.26. The zero-order chi connectivity index (χ0) is 58.7.